The Labute approximate surface area is 79.3 Å². The van der Waals surface area contributed by atoms with Crippen molar-refractivity contribution in [3.63, 3.8) is 0 Å². The number of rotatable bonds is 3. The van der Waals surface area contributed by atoms with Gasteiger partial charge in [-0.05, 0) is 0 Å². The summed E-state index contributed by atoms with van der Waals surface area (Å²) in [6.07, 6.45) is -2.78. The molecule has 0 aliphatic carbocycles. The highest BCUT2D eigenvalue weighted by Gasteiger charge is 2.18. The molecule has 4 nitrogen and oxygen atoms in total. The molecule has 0 aliphatic heterocycles. The molecule has 0 amide bonds. The van der Waals surface area contributed by atoms with E-state index < -0.39 is 18.7 Å². The smallest absolute Gasteiger partial charge is 0.282 e. The summed E-state index contributed by atoms with van der Waals surface area (Å²) in [4.78, 5) is 3.49. The number of aliphatic hydroxyl groups excluding tert-OH is 1. The van der Waals surface area contributed by atoms with Crippen molar-refractivity contribution in [1.82, 2.24) is 4.98 Å². The quantitative estimate of drug-likeness (QED) is 0.773. The van der Waals surface area contributed by atoms with Crippen molar-refractivity contribution < 1.29 is 18.6 Å². The predicted molar refractivity (Wildman–Crippen MR) is 46.1 cm³/mol. The summed E-state index contributed by atoms with van der Waals surface area (Å²) >= 11 is 0. The first kappa shape index (κ1) is 10.6. The molecule has 0 atom stereocenters. The molecule has 6 heteroatoms. The fourth-order valence-electron chi connectivity index (χ4n) is 1.02. The molecule has 0 saturated heterocycles. The first-order valence-electron chi connectivity index (χ1n) is 3.82. The largest absolute Gasteiger partial charge is 0.494 e. The van der Waals surface area contributed by atoms with Crippen LogP contribution in [0.3, 0.4) is 0 Å². The minimum Gasteiger partial charge on any atom is -0.494 e. The standard InChI is InChI=1S/C8H10F2N2O2/c1-14-5-2-4(3-13)12-7(6(5)11)8(9)10/h2,8,13H,3,11H2,1H3. The monoisotopic (exact) mass is 204 g/mol. The number of aromatic nitrogens is 1. The van der Waals surface area contributed by atoms with Gasteiger partial charge in [0, 0.05) is 6.07 Å². The van der Waals surface area contributed by atoms with Crippen molar-refractivity contribution in [2.75, 3.05) is 12.8 Å². The van der Waals surface area contributed by atoms with E-state index in [-0.39, 0.29) is 17.1 Å². The van der Waals surface area contributed by atoms with Crippen LogP contribution >= 0.6 is 0 Å². The number of anilines is 1. The zero-order valence-electron chi connectivity index (χ0n) is 7.50. The second-order valence-corrected chi connectivity index (χ2v) is 2.57. The van der Waals surface area contributed by atoms with Gasteiger partial charge in [-0.15, -0.1) is 0 Å². The van der Waals surface area contributed by atoms with E-state index in [4.69, 9.17) is 15.6 Å². The number of nitrogens with two attached hydrogens (primary N) is 1. The fourth-order valence-corrected chi connectivity index (χ4v) is 1.02. The summed E-state index contributed by atoms with van der Waals surface area (Å²) in [6.45, 7) is -0.434. The summed E-state index contributed by atoms with van der Waals surface area (Å²) in [7, 11) is 1.31. The number of halogens is 2. The van der Waals surface area contributed by atoms with Crippen LogP contribution in [0.15, 0.2) is 6.07 Å². The third kappa shape index (κ3) is 1.90. The Morgan fingerprint density at radius 1 is 1.64 bits per heavy atom. The Hall–Kier alpha value is -1.43. The van der Waals surface area contributed by atoms with Crippen LogP contribution in [-0.2, 0) is 6.61 Å². The molecule has 0 spiro atoms. The molecule has 1 rings (SSSR count). The Morgan fingerprint density at radius 2 is 2.29 bits per heavy atom. The third-order valence-corrected chi connectivity index (χ3v) is 1.69. The van der Waals surface area contributed by atoms with Gasteiger partial charge in [-0.2, -0.15) is 0 Å². The van der Waals surface area contributed by atoms with Gasteiger partial charge < -0.3 is 15.6 Å². The molecule has 0 saturated carbocycles. The van der Waals surface area contributed by atoms with Gasteiger partial charge in [0.1, 0.15) is 17.1 Å². The second kappa shape index (κ2) is 4.19. The van der Waals surface area contributed by atoms with Crippen LogP contribution in [0.1, 0.15) is 17.8 Å². The van der Waals surface area contributed by atoms with Crippen molar-refractivity contribution in [2.45, 2.75) is 13.0 Å². The maximum absolute atomic E-state index is 12.4. The van der Waals surface area contributed by atoms with E-state index in [1.54, 1.807) is 0 Å². The van der Waals surface area contributed by atoms with E-state index in [9.17, 15) is 8.78 Å². The molecule has 1 heterocycles. The lowest BCUT2D eigenvalue weighted by Crippen LogP contribution is -2.04. The average molecular weight is 204 g/mol. The van der Waals surface area contributed by atoms with Crippen molar-refractivity contribution >= 4 is 5.69 Å². The summed E-state index contributed by atoms with van der Waals surface area (Å²) in [5.41, 5.74) is 4.72. The highest BCUT2D eigenvalue weighted by molar-refractivity contribution is 5.57. The van der Waals surface area contributed by atoms with E-state index in [2.05, 4.69) is 4.98 Å². The van der Waals surface area contributed by atoms with Gasteiger partial charge >= 0.3 is 0 Å². The minimum absolute atomic E-state index is 0.0966. The van der Waals surface area contributed by atoms with Crippen LogP contribution in [0.25, 0.3) is 0 Å². The molecule has 0 fully saturated rings. The second-order valence-electron chi connectivity index (χ2n) is 2.57. The van der Waals surface area contributed by atoms with E-state index in [1.165, 1.54) is 13.2 Å². The van der Waals surface area contributed by atoms with Crippen LogP contribution in [0.5, 0.6) is 5.75 Å². The van der Waals surface area contributed by atoms with Crippen LogP contribution in [0.2, 0.25) is 0 Å². The maximum atomic E-state index is 12.4. The van der Waals surface area contributed by atoms with Gasteiger partial charge in [-0.1, -0.05) is 0 Å². The van der Waals surface area contributed by atoms with Crippen molar-refractivity contribution in [1.29, 1.82) is 0 Å². The number of aliphatic hydroxyl groups is 1. The molecule has 1 aromatic heterocycles. The third-order valence-electron chi connectivity index (χ3n) is 1.69. The van der Waals surface area contributed by atoms with Gasteiger partial charge in [0.05, 0.1) is 19.4 Å². The van der Waals surface area contributed by atoms with Gasteiger partial charge in [-0.3, -0.25) is 0 Å². The number of nitrogen functional groups attached to an aromatic ring is 1. The van der Waals surface area contributed by atoms with Crippen molar-refractivity contribution in [2.24, 2.45) is 0 Å². The van der Waals surface area contributed by atoms with Crippen LogP contribution in [0, 0.1) is 0 Å². The Morgan fingerprint density at radius 3 is 2.71 bits per heavy atom. The number of ether oxygens (including phenoxy) is 1. The first-order chi connectivity index (χ1) is 6.60. The number of methoxy groups -OCH3 is 1. The van der Waals surface area contributed by atoms with Crippen molar-refractivity contribution in [3.8, 4) is 5.75 Å². The molecule has 3 N–H and O–H groups in total. The van der Waals surface area contributed by atoms with Gasteiger partial charge in [0.15, 0.2) is 0 Å². The average Bonchev–Trinajstić information content (AvgIpc) is 2.17. The fraction of sp³-hybridized carbons (Fsp3) is 0.375. The van der Waals surface area contributed by atoms with Gasteiger partial charge in [0.25, 0.3) is 6.43 Å². The van der Waals surface area contributed by atoms with Crippen LogP contribution in [0.4, 0.5) is 14.5 Å². The maximum Gasteiger partial charge on any atom is 0.282 e. The Kier molecular flexibility index (Phi) is 3.19. The minimum atomic E-state index is -2.78. The molecule has 1 aromatic rings. The van der Waals surface area contributed by atoms with Gasteiger partial charge in [0.2, 0.25) is 0 Å². The molecular formula is C8H10F2N2O2. The summed E-state index contributed by atoms with van der Waals surface area (Å²) < 4.78 is 29.5. The normalized spacial score (nSPS) is 10.6. The number of alkyl halides is 2. The summed E-state index contributed by atoms with van der Waals surface area (Å²) in [5.74, 6) is 0.0966. The highest BCUT2D eigenvalue weighted by Crippen LogP contribution is 2.31. The molecule has 0 aromatic carbocycles. The molecule has 78 valence electrons. The predicted octanol–water partition coefficient (Wildman–Crippen LogP) is 1.10. The molecule has 14 heavy (non-hydrogen) atoms. The first-order valence-corrected chi connectivity index (χ1v) is 3.82. The number of nitrogens with zero attached hydrogens (tertiary/aromatic N) is 1. The van der Waals surface area contributed by atoms with E-state index in [0.717, 1.165) is 0 Å². The molecular weight excluding hydrogens is 194 g/mol. The lowest BCUT2D eigenvalue weighted by Gasteiger charge is -2.10. The zero-order chi connectivity index (χ0) is 10.7. The Bertz CT molecular complexity index is 331. The van der Waals surface area contributed by atoms with Crippen LogP contribution < -0.4 is 10.5 Å². The number of hydrogen-bond donors (Lipinski definition) is 2. The summed E-state index contributed by atoms with van der Waals surface area (Å²) in [6, 6.07) is 1.32. The zero-order valence-corrected chi connectivity index (χ0v) is 7.50. The lowest BCUT2D eigenvalue weighted by molar-refractivity contribution is 0.145. The van der Waals surface area contributed by atoms with E-state index in [0.29, 0.717) is 0 Å². The van der Waals surface area contributed by atoms with E-state index >= 15 is 0 Å². The molecule has 0 unspecified atom stereocenters. The van der Waals surface area contributed by atoms with Crippen molar-refractivity contribution in [3.05, 3.63) is 17.5 Å². The van der Waals surface area contributed by atoms with E-state index in [1.807, 2.05) is 0 Å². The Balaban J connectivity index is 3.27. The topological polar surface area (TPSA) is 68.4 Å². The summed E-state index contributed by atoms with van der Waals surface area (Å²) in [5, 5.41) is 8.75. The molecule has 0 aliphatic rings. The number of hydrogen-bond acceptors (Lipinski definition) is 4. The lowest BCUT2D eigenvalue weighted by atomic mass is 10.2. The van der Waals surface area contributed by atoms with Gasteiger partial charge in [-0.25, -0.2) is 13.8 Å². The highest BCUT2D eigenvalue weighted by atomic mass is 19.3. The van der Waals surface area contributed by atoms with Crippen LogP contribution in [-0.4, -0.2) is 17.2 Å². The molecule has 0 bridgehead atoms. The number of pyridine rings is 1. The molecule has 0 radical (unpaired) electrons. The SMILES string of the molecule is COc1cc(CO)nc(C(F)F)c1N.